The Morgan fingerprint density at radius 3 is 0.904 bits per heavy atom. The summed E-state index contributed by atoms with van der Waals surface area (Å²) in [4.78, 5) is 4.84. The van der Waals surface area contributed by atoms with Gasteiger partial charge in [-0.05, 0) is 104 Å². The highest BCUT2D eigenvalue weighted by molar-refractivity contribution is 6.24. The van der Waals surface area contributed by atoms with Crippen molar-refractivity contribution in [2.45, 2.75) is 52.4 Å². The fourth-order valence-corrected chi connectivity index (χ4v) is 7.51. The van der Waals surface area contributed by atoms with E-state index in [1.165, 1.54) is 43.4 Å². The maximum Gasteiger partial charge on any atom is 0.0546 e. The van der Waals surface area contributed by atoms with E-state index >= 15 is 0 Å². The smallest absolute Gasteiger partial charge is 0.0546 e. The summed E-state index contributed by atoms with van der Waals surface area (Å²) in [5, 5.41) is 7.34. The number of hydrogen-bond donors (Lipinski definition) is 0. The second kappa shape index (κ2) is 13.0. The molecule has 2 nitrogen and oxygen atoms in total. The van der Waals surface area contributed by atoms with Gasteiger partial charge in [-0.25, -0.2) is 0 Å². The van der Waals surface area contributed by atoms with Gasteiger partial charge in [0.1, 0.15) is 0 Å². The summed E-state index contributed by atoms with van der Waals surface area (Å²) in [7, 11) is 0. The van der Waals surface area contributed by atoms with Gasteiger partial charge < -0.3 is 9.80 Å². The molecule has 8 aromatic carbocycles. The molecule has 0 aromatic heterocycles. The molecule has 0 bridgehead atoms. The van der Waals surface area contributed by atoms with E-state index in [0.29, 0.717) is 0 Å². The Kier molecular flexibility index (Phi) is 8.35. The molecule has 0 aliphatic rings. The second-order valence-electron chi connectivity index (χ2n) is 15.9. The average molecular weight is 675 g/mol. The zero-order valence-corrected chi connectivity index (χ0v) is 31.1. The molecule has 0 radical (unpaired) electrons. The number of para-hydroxylation sites is 2. The first-order chi connectivity index (χ1) is 25.1. The third kappa shape index (κ3) is 6.09. The Labute approximate surface area is 308 Å². The van der Waals surface area contributed by atoms with Gasteiger partial charge in [-0.2, -0.15) is 0 Å². The number of benzene rings is 8. The Morgan fingerprint density at radius 2 is 0.577 bits per heavy atom. The normalized spacial score (nSPS) is 12.0. The average Bonchev–Trinajstić information content (AvgIpc) is 3.16. The third-order valence-corrected chi connectivity index (χ3v) is 10.3. The van der Waals surface area contributed by atoms with Crippen molar-refractivity contribution >= 4 is 66.4 Å². The predicted molar refractivity (Wildman–Crippen MR) is 226 cm³/mol. The lowest BCUT2D eigenvalue weighted by molar-refractivity contribution is 0.590. The fraction of sp³-hybridized carbons (Fsp3) is 0.160. The van der Waals surface area contributed by atoms with E-state index in [9.17, 15) is 0 Å². The molecular formula is C50H46N2. The molecule has 0 fully saturated rings. The fourth-order valence-electron chi connectivity index (χ4n) is 7.51. The van der Waals surface area contributed by atoms with Crippen molar-refractivity contribution in [1.82, 2.24) is 0 Å². The quantitative estimate of drug-likeness (QED) is 0.162. The van der Waals surface area contributed by atoms with Crippen molar-refractivity contribution in [2.75, 3.05) is 9.80 Å². The summed E-state index contributed by atoms with van der Waals surface area (Å²) in [6, 6.07) is 62.4. The molecule has 0 saturated carbocycles. The number of hydrogen-bond acceptors (Lipinski definition) is 2. The van der Waals surface area contributed by atoms with Crippen LogP contribution in [-0.4, -0.2) is 0 Å². The Morgan fingerprint density at radius 1 is 0.288 bits per heavy atom. The third-order valence-electron chi connectivity index (χ3n) is 10.3. The summed E-state index contributed by atoms with van der Waals surface area (Å²) in [6.45, 7) is 13.6. The van der Waals surface area contributed by atoms with Gasteiger partial charge in [0.25, 0.3) is 0 Å². The van der Waals surface area contributed by atoms with Crippen molar-refractivity contribution in [3.05, 3.63) is 181 Å². The Hall–Kier alpha value is -5.86. The maximum absolute atomic E-state index is 2.42. The zero-order valence-electron chi connectivity index (χ0n) is 31.1. The zero-order chi connectivity index (χ0) is 36.0. The molecule has 52 heavy (non-hydrogen) atoms. The van der Waals surface area contributed by atoms with E-state index in [2.05, 4.69) is 221 Å². The first kappa shape index (κ1) is 33.3. The molecule has 0 saturated heterocycles. The van der Waals surface area contributed by atoms with Gasteiger partial charge >= 0.3 is 0 Å². The van der Waals surface area contributed by atoms with Gasteiger partial charge in [0.15, 0.2) is 0 Å². The van der Waals surface area contributed by atoms with Crippen molar-refractivity contribution in [3.63, 3.8) is 0 Å². The van der Waals surface area contributed by atoms with Crippen LogP contribution in [0.25, 0.3) is 32.3 Å². The summed E-state index contributed by atoms with van der Waals surface area (Å²) in [5.74, 6) is 0. The van der Waals surface area contributed by atoms with Crippen LogP contribution in [0.5, 0.6) is 0 Å². The van der Waals surface area contributed by atoms with Crippen LogP contribution in [-0.2, 0) is 10.8 Å². The highest BCUT2D eigenvalue weighted by Crippen LogP contribution is 2.47. The molecule has 0 aliphatic heterocycles. The summed E-state index contributed by atoms with van der Waals surface area (Å²) >= 11 is 0. The van der Waals surface area contributed by atoms with Crippen LogP contribution in [0.15, 0.2) is 170 Å². The molecular weight excluding hydrogens is 629 g/mol. The van der Waals surface area contributed by atoms with Crippen LogP contribution < -0.4 is 9.80 Å². The molecule has 8 aromatic rings. The van der Waals surface area contributed by atoms with E-state index in [1.807, 2.05) is 0 Å². The monoisotopic (exact) mass is 674 g/mol. The second-order valence-corrected chi connectivity index (χ2v) is 15.9. The van der Waals surface area contributed by atoms with Gasteiger partial charge in [-0.1, -0.05) is 151 Å². The van der Waals surface area contributed by atoms with Crippen LogP contribution in [0.3, 0.4) is 0 Å². The largest absolute Gasteiger partial charge is 0.310 e. The molecule has 0 spiro atoms. The van der Waals surface area contributed by atoms with Gasteiger partial charge in [0.05, 0.1) is 11.4 Å². The van der Waals surface area contributed by atoms with Gasteiger partial charge in [0, 0.05) is 33.5 Å². The first-order valence-electron chi connectivity index (χ1n) is 18.4. The van der Waals surface area contributed by atoms with Crippen LogP contribution >= 0.6 is 0 Å². The van der Waals surface area contributed by atoms with E-state index in [1.54, 1.807) is 0 Å². The minimum atomic E-state index is 0.0740. The number of fused-ring (bicyclic) bond motifs is 5. The van der Waals surface area contributed by atoms with Crippen molar-refractivity contribution in [3.8, 4) is 0 Å². The summed E-state index contributed by atoms with van der Waals surface area (Å²) in [6.07, 6.45) is 0. The van der Waals surface area contributed by atoms with E-state index in [0.717, 1.165) is 34.1 Å². The van der Waals surface area contributed by atoms with Crippen LogP contribution in [0.1, 0.15) is 52.7 Å². The van der Waals surface area contributed by atoms with E-state index in [-0.39, 0.29) is 10.8 Å². The van der Waals surface area contributed by atoms with Crippen molar-refractivity contribution < 1.29 is 0 Å². The van der Waals surface area contributed by atoms with Crippen LogP contribution in [0.4, 0.5) is 34.1 Å². The van der Waals surface area contributed by atoms with Gasteiger partial charge in [-0.3, -0.25) is 0 Å². The van der Waals surface area contributed by atoms with E-state index < -0.39 is 0 Å². The molecule has 0 amide bonds. The molecule has 0 aliphatic carbocycles. The topological polar surface area (TPSA) is 6.48 Å². The highest BCUT2D eigenvalue weighted by atomic mass is 15.1. The lowest BCUT2D eigenvalue weighted by Crippen LogP contribution is -2.14. The molecule has 0 heterocycles. The number of anilines is 6. The van der Waals surface area contributed by atoms with Crippen molar-refractivity contribution in [2.24, 2.45) is 0 Å². The van der Waals surface area contributed by atoms with E-state index in [4.69, 9.17) is 0 Å². The van der Waals surface area contributed by atoms with Crippen LogP contribution in [0, 0.1) is 0 Å². The molecule has 0 N–H and O–H groups in total. The van der Waals surface area contributed by atoms with Crippen molar-refractivity contribution in [1.29, 1.82) is 0 Å². The molecule has 0 unspecified atom stereocenters. The first-order valence-corrected chi connectivity index (χ1v) is 18.4. The standard InChI is InChI=1S/C50H46N2/c1-49(2,3)35-25-29-39(30-26-35)51(37-17-9-7-10-18-37)47-33-45-42-22-14-16-24-44(42)48(34-46(45)41-21-13-15-23-43(41)47)52(38-19-11-8-12-20-38)40-31-27-36(28-32-40)50(4,5)6/h7-34H,1-6H3. The number of nitrogens with zero attached hydrogens (tertiary/aromatic N) is 2. The highest BCUT2D eigenvalue weighted by Gasteiger charge is 2.23. The van der Waals surface area contributed by atoms with Crippen LogP contribution in [0.2, 0.25) is 0 Å². The SMILES string of the molecule is CC(C)(C)c1ccc(N(c2ccccc2)c2cc3c4ccccc4c(N(c4ccccc4)c4ccc(C(C)(C)C)cc4)cc3c3ccccc23)cc1. The minimum Gasteiger partial charge on any atom is -0.310 e. The molecule has 256 valence electrons. The maximum atomic E-state index is 2.42. The van der Waals surface area contributed by atoms with Gasteiger partial charge in [0.2, 0.25) is 0 Å². The lowest BCUT2D eigenvalue weighted by Gasteiger charge is -2.30. The molecule has 0 atom stereocenters. The Balaban J connectivity index is 1.41. The Bertz CT molecular complexity index is 2320. The molecule has 8 rings (SSSR count). The lowest BCUT2D eigenvalue weighted by atomic mass is 9.87. The van der Waals surface area contributed by atoms with Gasteiger partial charge in [-0.15, -0.1) is 0 Å². The number of rotatable bonds is 6. The summed E-state index contributed by atoms with van der Waals surface area (Å²) in [5.41, 5.74) is 9.65. The minimum absolute atomic E-state index is 0.0740. The predicted octanol–water partition coefficient (Wildman–Crippen LogP) is 14.7. The summed E-state index contributed by atoms with van der Waals surface area (Å²) < 4.78 is 0. The molecule has 2 heteroatoms.